The highest BCUT2D eigenvalue weighted by Crippen LogP contribution is 2.14. The average Bonchev–Trinajstić information content (AvgIpc) is 2.76. The van der Waals surface area contributed by atoms with E-state index in [1.165, 1.54) is 11.1 Å². The van der Waals surface area contributed by atoms with Gasteiger partial charge in [0.15, 0.2) is 5.69 Å². The van der Waals surface area contributed by atoms with Gasteiger partial charge >= 0.3 is 0 Å². The largest absolute Gasteiger partial charge is 0.335 e. The maximum Gasteiger partial charge on any atom is 0.278 e. The van der Waals surface area contributed by atoms with Gasteiger partial charge in [-0.2, -0.15) is 5.10 Å². The van der Waals surface area contributed by atoms with Gasteiger partial charge in [-0.25, -0.2) is 0 Å². The smallest absolute Gasteiger partial charge is 0.278 e. The summed E-state index contributed by atoms with van der Waals surface area (Å²) in [5.74, 6) is -0.265. The number of carbonyl (C=O) groups is 1. The molecular formula is C23H26N4O2. The molecule has 0 bridgehead atoms. The quantitative estimate of drug-likeness (QED) is 0.687. The van der Waals surface area contributed by atoms with E-state index in [1.54, 1.807) is 15.6 Å². The molecule has 1 fully saturated rings. The Bertz CT molecular complexity index is 1100. The first-order valence-corrected chi connectivity index (χ1v) is 10.1. The van der Waals surface area contributed by atoms with Gasteiger partial charge in [0.25, 0.3) is 5.91 Å². The third kappa shape index (κ3) is 3.80. The van der Waals surface area contributed by atoms with E-state index in [2.05, 4.69) is 41.2 Å². The van der Waals surface area contributed by atoms with Gasteiger partial charge in [0, 0.05) is 44.7 Å². The molecule has 1 saturated heterocycles. The Morgan fingerprint density at radius 1 is 1.00 bits per heavy atom. The van der Waals surface area contributed by atoms with Crippen LogP contribution in [-0.2, 0) is 13.1 Å². The summed E-state index contributed by atoms with van der Waals surface area (Å²) in [6.07, 6.45) is 0. The van der Waals surface area contributed by atoms with Crippen LogP contribution in [0, 0.1) is 6.92 Å². The first-order valence-electron chi connectivity index (χ1n) is 10.1. The van der Waals surface area contributed by atoms with Crippen LogP contribution in [0.3, 0.4) is 0 Å². The first-order chi connectivity index (χ1) is 14.1. The van der Waals surface area contributed by atoms with Crippen molar-refractivity contribution in [1.29, 1.82) is 0 Å². The number of aromatic nitrogens is 2. The predicted octanol–water partition coefficient (Wildman–Crippen LogP) is 2.68. The lowest BCUT2D eigenvalue weighted by Gasteiger charge is -2.34. The minimum absolute atomic E-state index is 0.0258. The SMILES string of the molecule is CCn1nc(C(=O)N2CCN(Cc3ccccc3C)CC2)c(=O)c2ccccc21. The molecular weight excluding hydrogens is 364 g/mol. The Morgan fingerprint density at radius 2 is 1.69 bits per heavy atom. The Balaban J connectivity index is 1.51. The Hall–Kier alpha value is -2.99. The molecule has 2 aromatic carbocycles. The number of hydrogen-bond donors (Lipinski definition) is 0. The molecule has 3 aromatic rings. The second-order valence-corrected chi connectivity index (χ2v) is 7.51. The average molecular weight is 390 g/mol. The Kier molecular flexibility index (Phi) is 5.45. The van der Waals surface area contributed by atoms with Crippen molar-refractivity contribution in [2.24, 2.45) is 0 Å². The molecule has 4 rings (SSSR count). The van der Waals surface area contributed by atoms with Gasteiger partial charge in [0.1, 0.15) is 0 Å². The summed E-state index contributed by atoms with van der Waals surface area (Å²) in [7, 11) is 0. The molecule has 6 heteroatoms. The van der Waals surface area contributed by atoms with Crippen molar-refractivity contribution >= 4 is 16.8 Å². The molecule has 0 N–H and O–H groups in total. The molecule has 1 aromatic heterocycles. The van der Waals surface area contributed by atoms with E-state index in [4.69, 9.17) is 0 Å². The van der Waals surface area contributed by atoms with Crippen molar-refractivity contribution in [2.45, 2.75) is 26.9 Å². The first kappa shape index (κ1) is 19.3. The number of fused-ring (bicyclic) bond motifs is 1. The van der Waals surface area contributed by atoms with Crippen molar-refractivity contribution in [3.63, 3.8) is 0 Å². The number of rotatable bonds is 4. The molecule has 1 aliphatic heterocycles. The lowest BCUT2D eigenvalue weighted by atomic mass is 10.1. The van der Waals surface area contributed by atoms with Crippen LogP contribution in [0.25, 0.3) is 10.9 Å². The molecule has 0 saturated carbocycles. The Labute approximate surface area is 170 Å². The molecule has 1 amide bonds. The lowest BCUT2D eigenvalue weighted by molar-refractivity contribution is 0.0619. The van der Waals surface area contributed by atoms with Crippen LogP contribution in [0.1, 0.15) is 28.5 Å². The van der Waals surface area contributed by atoms with Crippen LogP contribution < -0.4 is 5.43 Å². The van der Waals surface area contributed by atoms with Crippen molar-refractivity contribution in [3.05, 3.63) is 75.6 Å². The van der Waals surface area contributed by atoms with Crippen molar-refractivity contribution in [1.82, 2.24) is 19.6 Å². The summed E-state index contributed by atoms with van der Waals surface area (Å²) in [6.45, 7) is 8.35. The topological polar surface area (TPSA) is 58.4 Å². The van der Waals surface area contributed by atoms with E-state index in [1.807, 2.05) is 25.1 Å². The summed E-state index contributed by atoms with van der Waals surface area (Å²) >= 11 is 0. The fourth-order valence-corrected chi connectivity index (χ4v) is 3.91. The highest BCUT2D eigenvalue weighted by atomic mass is 16.2. The maximum absolute atomic E-state index is 13.1. The van der Waals surface area contributed by atoms with Crippen LogP contribution in [0.4, 0.5) is 0 Å². The maximum atomic E-state index is 13.1. The third-order valence-corrected chi connectivity index (χ3v) is 5.68. The van der Waals surface area contributed by atoms with Gasteiger partial charge in [0.2, 0.25) is 5.43 Å². The zero-order valence-corrected chi connectivity index (χ0v) is 17.0. The second-order valence-electron chi connectivity index (χ2n) is 7.51. The molecule has 0 aliphatic carbocycles. The van der Waals surface area contributed by atoms with Crippen LogP contribution in [0.15, 0.2) is 53.3 Å². The number of benzene rings is 2. The van der Waals surface area contributed by atoms with Crippen molar-refractivity contribution in [2.75, 3.05) is 26.2 Å². The van der Waals surface area contributed by atoms with E-state index in [0.29, 0.717) is 25.0 Å². The van der Waals surface area contributed by atoms with Gasteiger partial charge in [-0.15, -0.1) is 0 Å². The van der Waals surface area contributed by atoms with E-state index in [9.17, 15) is 9.59 Å². The molecule has 2 heterocycles. The van der Waals surface area contributed by atoms with Crippen LogP contribution in [0.2, 0.25) is 0 Å². The predicted molar refractivity (Wildman–Crippen MR) is 114 cm³/mol. The zero-order valence-electron chi connectivity index (χ0n) is 17.0. The van der Waals surface area contributed by atoms with E-state index in [0.717, 1.165) is 25.2 Å². The number of aryl methyl sites for hydroxylation is 2. The number of piperazine rings is 1. The summed E-state index contributed by atoms with van der Waals surface area (Å²) in [6, 6.07) is 15.7. The zero-order chi connectivity index (χ0) is 20.4. The van der Waals surface area contributed by atoms with E-state index >= 15 is 0 Å². The van der Waals surface area contributed by atoms with Crippen LogP contribution >= 0.6 is 0 Å². The number of para-hydroxylation sites is 1. The fraction of sp³-hybridized carbons (Fsp3) is 0.348. The molecule has 1 aliphatic rings. The van der Waals surface area contributed by atoms with Gasteiger partial charge in [-0.1, -0.05) is 36.4 Å². The minimum Gasteiger partial charge on any atom is -0.335 e. The minimum atomic E-state index is -0.280. The number of carbonyl (C=O) groups excluding carboxylic acids is 1. The molecule has 0 unspecified atom stereocenters. The van der Waals surface area contributed by atoms with E-state index in [-0.39, 0.29) is 17.0 Å². The normalized spacial score (nSPS) is 15.0. The van der Waals surface area contributed by atoms with Crippen LogP contribution in [-0.4, -0.2) is 51.7 Å². The van der Waals surface area contributed by atoms with Gasteiger partial charge in [-0.3, -0.25) is 19.2 Å². The monoisotopic (exact) mass is 390 g/mol. The molecule has 0 spiro atoms. The highest BCUT2D eigenvalue weighted by molar-refractivity contribution is 5.95. The van der Waals surface area contributed by atoms with Gasteiger partial charge in [0.05, 0.1) is 5.52 Å². The molecule has 0 atom stereocenters. The Morgan fingerprint density at radius 3 is 2.41 bits per heavy atom. The lowest BCUT2D eigenvalue weighted by Crippen LogP contribution is -2.49. The highest BCUT2D eigenvalue weighted by Gasteiger charge is 2.26. The van der Waals surface area contributed by atoms with Gasteiger partial charge in [-0.05, 0) is 37.1 Å². The number of hydrogen-bond acceptors (Lipinski definition) is 4. The van der Waals surface area contributed by atoms with Gasteiger partial charge < -0.3 is 4.90 Å². The van der Waals surface area contributed by atoms with Crippen LogP contribution in [0.5, 0.6) is 0 Å². The van der Waals surface area contributed by atoms with Crippen molar-refractivity contribution < 1.29 is 4.79 Å². The molecule has 6 nitrogen and oxygen atoms in total. The summed E-state index contributed by atoms with van der Waals surface area (Å²) in [4.78, 5) is 30.1. The summed E-state index contributed by atoms with van der Waals surface area (Å²) in [5, 5.41) is 4.94. The third-order valence-electron chi connectivity index (χ3n) is 5.68. The molecule has 0 radical (unpaired) electrons. The fourth-order valence-electron chi connectivity index (χ4n) is 3.91. The standard InChI is InChI=1S/C23H26N4O2/c1-3-27-20-11-7-6-10-19(20)22(28)21(24-27)23(29)26-14-12-25(13-15-26)16-18-9-5-4-8-17(18)2/h4-11H,3,12-16H2,1-2H3. The van der Waals surface area contributed by atoms with E-state index < -0.39 is 0 Å². The summed E-state index contributed by atoms with van der Waals surface area (Å²) in [5.41, 5.74) is 3.11. The number of amides is 1. The summed E-state index contributed by atoms with van der Waals surface area (Å²) < 4.78 is 1.73. The molecule has 150 valence electrons. The van der Waals surface area contributed by atoms with Crippen molar-refractivity contribution in [3.8, 4) is 0 Å². The molecule has 29 heavy (non-hydrogen) atoms. The number of nitrogens with zero attached hydrogens (tertiary/aromatic N) is 4. The second kappa shape index (κ2) is 8.17.